The van der Waals surface area contributed by atoms with Gasteiger partial charge in [-0.3, -0.25) is 0 Å². The molecule has 4 rings (SSSR count). The van der Waals surface area contributed by atoms with Gasteiger partial charge < -0.3 is 9.26 Å². The third-order valence-corrected chi connectivity index (χ3v) is 7.83. The van der Waals surface area contributed by atoms with E-state index >= 15 is 0 Å². The molecule has 0 aliphatic carbocycles. The standard InChI is InChI=1S/C18H19N3O4S2/c1-24-15-7-2-5-13(11-15)17-19-18(25-20-17)14-6-3-9-21(12-14)27(22,23)16-8-4-10-26-16/h2,4-5,7-8,10-11,14H,3,6,9,12H2,1H3/t14-/m0/s1. The second kappa shape index (κ2) is 7.41. The molecular formula is C18H19N3O4S2. The second-order valence-corrected chi connectivity index (χ2v) is 9.43. The third-order valence-electron chi connectivity index (χ3n) is 4.59. The van der Waals surface area contributed by atoms with E-state index in [0.29, 0.717) is 34.8 Å². The summed E-state index contributed by atoms with van der Waals surface area (Å²) in [5.41, 5.74) is 0.795. The molecule has 0 unspecified atom stereocenters. The van der Waals surface area contributed by atoms with Crippen molar-refractivity contribution in [1.82, 2.24) is 14.4 Å². The van der Waals surface area contributed by atoms with E-state index < -0.39 is 10.0 Å². The van der Waals surface area contributed by atoms with Crippen LogP contribution in [0.5, 0.6) is 5.75 Å². The zero-order chi connectivity index (χ0) is 18.9. The van der Waals surface area contributed by atoms with Crippen LogP contribution in [-0.2, 0) is 10.0 Å². The van der Waals surface area contributed by atoms with Gasteiger partial charge in [-0.05, 0) is 36.4 Å². The van der Waals surface area contributed by atoms with Gasteiger partial charge in [-0.1, -0.05) is 23.4 Å². The van der Waals surface area contributed by atoms with Crippen molar-refractivity contribution in [3.05, 3.63) is 47.7 Å². The maximum absolute atomic E-state index is 12.8. The lowest BCUT2D eigenvalue weighted by molar-refractivity contribution is 0.266. The number of thiophene rings is 1. The molecule has 0 saturated carbocycles. The Morgan fingerprint density at radius 1 is 1.30 bits per heavy atom. The van der Waals surface area contributed by atoms with Crippen molar-refractivity contribution < 1.29 is 17.7 Å². The van der Waals surface area contributed by atoms with Crippen LogP contribution >= 0.6 is 11.3 Å². The van der Waals surface area contributed by atoms with E-state index in [1.54, 1.807) is 24.6 Å². The molecule has 1 fully saturated rings. The number of piperidine rings is 1. The maximum atomic E-state index is 12.8. The normalized spacial score (nSPS) is 18.5. The van der Waals surface area contributed by atoms with Crippen molar-refractivity contribution in [2.45, 2.75) is 23.0 Å². The highest BCUT2D eigenvalue weighted by Gasteiger charge is 2.33. The molecule has 3 heterocycles. The van der Waals surface area contributed by atoms with Gasteiger partial charge in [0, 0.05) is 18.7 Å². The molecule has 0 N–H and O–H groups in total. The number of hydrogen-bond acceptors (Lipinski definition) is 7. The van der Waals surface area contributed by atoms with Gasteiger partial charge in [0.15, 0.2) is 0 Å². The molecule has 0 spiro atoms. The van der Waals surface area contributed by atoms with Gasteiger partial charge in [-0.2, -0.15) is 9.29 Å². The fourth-order valence-electron chi connectivity index (χ4n) is 3.18. The summed E-state index contributed by atoms with van der Waals surface area (Å²) < 4.78 is 38.1. The first kappa shape index (κ1) is 18.1. The van der Waals surface area contributed by atoms with E-state index in [1.807, 2.05) is 24.3 Å². The van der Waals surface area contributed by atoms with Crippen molar-refractivity contribution in [3.63, 3.8) is 0 Å². The first-order valence-electron chi connectivity index (χ1n) is 8.59. The van der Waals surface area contributed by atoms with Crippen LogP contribution in [0.3, 0.4) is 0 Å². The highest BCUT2D eigenvalue weighted by atomic mass is 32.2. The van der Waals surface area contributed by atoms with Crippen LogP contribution in [0, 0.1) is 0 Å². The van der Waals surface area contributed by atoms with Gasteiger partial charge in [0.2, 0.25) is 11.7 Å². The molecule has 1 aliphatic rings. The van der Waals surface area contributed by atoms with Gasteiger partial charge in [-0.15, -0.1) is 11.3 Å². The van der Waals surface area contributed by atoms with E-state index in [2.05, 4.69) is 10.1 Å². The van der Waals surface area contributed by atoms with E-state index in [-0.39, 0.29) is 5.92 Å². The van der Waals surface area contributed by atoms with Crippen LogP contribution in [0.1, 0.15) is 24.7 Å². The van der Waals surface area contributed by atoms with Crippen molar-refractivity contribution >= 4 is 21.4 Å². The Bertz CT molecular complexity index is 1010. The van der Waals surface area contributed by atoms with Crippen LogP contribution in [0.4, 0.5) is 0 Å². The Balaban J connectivity index is 1.55. The molecule has 7 nitrogen and oxygen atoms in total. The van der Waals surface area contributed by atoms with Crippen molar-refractivity contribution in [2.24, 2.45) is 0 Å². The smallest absolute Gasteiger partial charge is 0.252 e. The molecule has 0 bridgehead atoms. The van der Waals surface area contributed by atoms with E-state index in [9.17, 15) is 8.42 Å². The van der Waals surface area contributed by atoms with Crippen LogP contribution < -0.4 is 4.74 Å². The maximum Gasteiger partial charge on any atom is 0.252 e. The lowest BCUT2D eigenvalue weighted by atomic mass is 10.00. The molecule has 2 aromatic heterocycles. The molecule has 3 aromatic rings. The van der Waals surface area contributed by atoms with Crippen LogP contribution in [0.2, 0.25) is 0 Å². The molecule has 142 valence electrons. The Hall–Kier alpha value is -2.23. The van der Waals surface area contributed by atoms with Crippen molar-refractivity contribution in [1.29, 1.82) is 0 Å². The highest BCUT2D eigenvalue weighted by Crippen LogP contribution is 2.32. The summed E-state index contributed by atoms with van der Waals surface area (Å²) in [7, 11) is -1.87. The zero-order valence-corrected chi connectivity index (χ0v) is 16.4. The fraction of sp³-hybridized carbons (Fsp3) is 0.333. The summed E-state index contributed by atoms with van der Waals surface area (Å²) in [5, 5.41) is 5.84. The third kappa shape index (κ3) is 3.62. The number of hydrogen-bond donors (Lipinski definition) is 0. The highest BCUT2D eigenvalue weighted by molar-refractivity contribution is 7.91. The number of methoxy groups -OCH3 is 1. The van der Waals surface area contributed by atoms with Gasteiger partial charge in [0.05, 0.1) is 13.0 Å². The minimum Gasteiger partial charge on any atom is -0.497 e. The van der Waals surface area contributed by atoms with E-state index in [0.717, 1.165) is 18.4 Å². The van der Waals surface area contributed by atoms with Crippen LogP contribution in [0.25, 0.3) is 11.4 Å². The number of benzene rings is 1. The fourth-order valence-corrected chi connectivity index (χ4v) is 5.85. The Kier molecular flexibility index (Phi) is 4.98. The Labute approximate surface area is 161 Å². The molecular weight excluding hydrogens is 386 g/mol. The van der Waals surface area contributed by atoms with Gasteiger partial charge in [-0.25, -0.2) is 8.42 Å². The Morgan fingerprint density at radius 2 is 2.19 bits per heavy atom. The number of aromatic nitrogens is 2. The minimum atomic E-state index is -3.47. The predicted octanol–water partition coefficient (Wildman–Crippen LogP) is 3.38. The van der Waals surface area contributed by atoms with Crippen LogP contribution in [-0.4, -0.2) is 43.1 Å². The summed E-state index contributed by atoms with van der Waals surface area (Å²) in [4.78, 5) is 4.51. The molecule has 27 heavy (non-hydrogen) atoms. The summed E-state index contributed by atoms with van der Waals surface area (Å²) in [6, 6.07) is 10.8. The summed E-state index contributed by atoms with van der Waals surface area (Å²) in [5.74, 6) is 1.55. The van der Waals surface area contributed by atoms with Gasteiger partial charge >= 0.3 is 0 Å². The minimum absolute atomic E-state index is 0.111. The summed E-state index contributed by atoms with van der Waals surface area (Å²) in [6.07, 6.45) is 1.57. The monoisotopic (exact) mass is 405 g/mol. The molecule has 9 heteroatoms. The second-order valence-electron chi connectivity index (χ2n) is 6.32. The number of rotatable bonds is 5. The first-order valence-corrected chi connectivity index (χ1v) is 10.9. The molecule has 1 atom stereocenters. The molecule has 0 amide bonds. The summed E-state index contributed by atoms with van der Waals surface area (Å²) >= 11 is 1.23. The van der Waals surface area contributed by atoms with Gasteiger partial charge in [0.1, 0.15) is 9.96 Å². The average Bonchev–Trinajstić information content (AvgIpc) is 3.40. The topological polar surface area (TPSA) is 85.5 Å². The average molecular weight is 406 g/mol. The first-order chi connectivity index (χ1) is 13.1. The van der Waals surface area contributed by atoms with Crippen molar-refractivity contribution in [3.8, 4) is 17.1 Å². The van der Waals surface area contributed by atoms with Crippen molar-refractivity contribution in [2.75, 3.05) is 20.2 Å². The lowest BCUT2D eigenvalue weighted by Gasteiger charge is -2.29. The zero-order valence-electron chi connectivity index (χ0n) is 14.7. The number of ether oxygens (including phenoxy) is 1. The largest absolute Gasteiger partial charge is 0.497 e. The summed E-state index contributed by atoms with van der Waals surface area (Å²) in [6.45, 7) is 0.855. The quantitative estimate of drug-likeness (QED) is 0.647. The lowest BCUT2D eigenvalue weighted by Crippen LogP contribution is -2.38. The number of nitrogens with zero attached hydrogens (tertiary/aromatic N) is 3. The molecule has 0 radical (unpaired) electrons. The molecule has 1 aliphatic heterocycles. The van der Waals surface area contributed by atoms with E-state index in [1.165, 1.54) is 15.6 Å². The van der Waals surface area contributed by atoms with Gasteiger partial charge in [0.25, 0.3) is 10.0 Å². The molecule has 1 saturated heterocycles. The van der Waals surface area contributed by atoms with E-state index in [4.69, 9.17) is 9.26 Å². The number of sulfonamides is 1. The predicted molar refractivity (Wildman–Crippen MR) is 101 cm³/mol. The molecule has 1 aromatic carbocycles. The SMILES string of the molecule is COc1cccc(-c2noc([C@H]3CCCN(S(=O)(=O)c4cccs4)C3)n2)c1. The van der Waals surface area contributed by atoms with Crippen LogP contribution in [0.15, 0.2) is 50.5 Å². The Morgan fingerprint density at radius 3 is 2.96 bits per heavy atom.